The maximum atomic E-state index is 13.1. The second-order valence-electron chi connectivity index (χ2n) is 7.07. The van der Waals surface area contributed by atoms with E-state index in [-0.39, 0.29) is 5.91 Å². The number of nitrogens with zero attached hydrogens (tertiary/aromatic N) is 4. The van der Waals surface area contributed by atoms with Crippen molar-refractivity contribution in [2.24, 2.45) is 0 Å². The number of carbonyl (C=O) groups excluding carboxylic acids is 1. The van der Waals surface area contributed by atoms with Crippen molar-refractivity contribution >= 4 is 5.91 Å². The molecule has 144 valence electrons. The molecule has 3 aromatic rings. The minimum atomic E-state index is -0.0532. The lowest BCUT2D eigenvalue weighted by Crippen LogP contribution is -2.34. The van der Waals surface area contributed by atoms with Crippen LogP contribution in [0.4, 0.5) is 0 Å². The van der Waals surface area contributed by atoms with Crippen LogP contribution >= 0.6 is 0 Å². The van der Waals surface area contributed by atoms with Crippen LogP contribution < -0.4 is 4.74 Å². The second-order valence-corrected chi connectivity index (χ2v) is 7.07. The number of ether oxygens (including phenoxy) is 1. The molecule has 1 fully saturated rings. The summed E-state index contributed by atoms with van der Waals surface area (Å²) in [5, 5.41) is 8.67. The molecular weight excluding hydrogens is 352 g/mol. The first kappa shape index (κ1) is 18.2. The summed E-state index contributed by atoms with van der Waals surface area (Å²) < 4.78 is 5.26. The maximum Gasteiger partial charge on any atom is 0.276 e. The average Bonchev–Trinajstić information content (AvgIpc) is 3.12. The van der Waals surface area contributed by atoms with Gasteiger partial charge in [-0.2, -0.15) is 9.90 Å². The van der Waals surface area contributed by atoms with E-state index in [1.165, 1.54) is 10.4 Å². The van der Waals surface area contributed by atoms with Gasteiger partial charge in [0.15, 0.2) is 5.69 Å². The van der Waals surface area contributed by atoms with E-state index in [2.05, 4.69) is 22.3 Å². The summed E-state index contributed by atoms with van der Waals surface area (Å²) in [5.74, 6) is 1.12. The quantitative estimate of drug-likeness (QED) is 0.697. The number of carbonyl (C=O) groups is 1. The van der Waals surface area contributed by atoms with E-state index in [1.807, 2.05) is 47.4 Å². The summed E-state index contributed by atoms with van der Waals surface area (Å²) in [4.78, 5) is 16.5. The third kappa shape index (κ3) is 3.91. The van der Waals surface area contributed by atoms with Crippen LogP contribution in [0.3, 0.4) is 0 Å². The SMILES string of the molecule is COc1ccc([C@H]2CCCCN(C(=O)c3cnn(-c4ccccc4)n3)C2)cc1. The molecule has 1 aliphatic heterocycles. The van der Waals surface area contributed by atoms with Crippen molar-refractivity contribution in [3.05, 3.63) is 72.1 Å². The zero-order valence-electron chi connectivity index (χ0n) is 16.0. The van der Waals surface area contributed by atoms with Gasteiger partial charge in [0, 0.05) is 19.0 Å². The Morgan fingerprint density at radius 1 is 1.07 bits per heavy atom. The van der Waals surface area contributed by atoms with Gasteiger partial charge in [-0.15, -0.1) is 5.10 Å². The zero-order valence-corrected chi connectivity index (χ0v) is 16.0. The van der Waals surface area contributed by atoms with E-state index >= 15 is 0 Å². The Hall–Kier alpha value is -3.15. The van der Waals surface area contributed by atoms with Crippen LogP contribution in [0.2, 0.25) is 0 Å². The Kier molecular flexibility index (Phi) is 5.37. The predicted octanol–water partition coefficient (Wildman–Crippen LogP) is 3.69. The van der Waals surface area contributed by atoms with Crippen LogP contribution in [0, 0.1) is 0 Å². The van der Waals surface area contributed by atoms with Crippen molar-refractivity contribution < 1.29 is 9.53 Å². The molecule has 0 spiro atoms. The molecule has 6 nitrogen and oxygen atoms in total. The fraction of sp³-hybridized carbons (Fsp3) is 0.318. The van der Waals surface area contributed by atoms with Crippen molar-refractivity contribution in [2.45, 2.75) is 25.2 Å². The van der Waals surface area contributed by atoms with E-state index in [0.717, 1.165) is 37.2 Å². The first-order valence-corrected chi connectivity index (χ1v) is 9.65. The van der Waals surface area contributed by atoms with Crippen LogP contribution in [0.15, 0.2) is 60.8 Å². The van der Waals surface area contributed by atoms with E-state index in [0.29, 0.717) is 18.2 Å². The first-order chi connectivity index (χ1) is 13.7. The molecule has 1 aliphatic rings. The van der Waals surface area contributed by atoms with E-state index < -0.39 is 0 Å². The van der Waals surface area contributed by atoms with Crippen LogP contribution in [0.1, 0.15) is 41.2 Å². The highest BCUT2D eigenvalue weighted by Gasteiger charge is 2.25. The maximum absolute atomic E-state index is 13.1. The highest BCUT2D eigenvalue weighted by Crippen LogP contribution is 2.28. The molecular formula is C22H24N4O2. The Morgan fingerprint density at radius 2 is 1.86 bits per heavy atom. The van der Waals surface area contributed by atoms with E-state index in [1.54, 1.807) is 13.3 Å². The number of para-hydroxylation sites is 1. The van der Waals surface area contributed by atoms with E-state index in [4.69, 9.17) is 4.74 Å². The third-order valence-corrected chi connectivity index (χ3v) is 5.24. The average molecular weight is 376 g/mol. The molecule has 0 unspecified atom stereocenters. The van der Waals surface area contributed by atoms with E-state index in [9.17, 15) is 4.79 Å². The standard InChI is InChI=1S/C22H24N4O2/c1-28-20-12-10-17(11-13-20)18-7-5-6-14-25(16-18)22(27)21-15-23-26(24-21)19-8-3-2-4-9-19/h2-4,8-13,15,18H,5-7,14,16H2,1H3/t18-/m0/s1. The molecule has 1 atom stereocenters. The molecule has 4 rings (SSSR count). The Bertz CT molecular complexity index is 921. The molecule has 0 N–H and O–H groups in total. The van der Waals surface area contributed by atoms with Gasteiger partial charge in [-0.25, -0.2) is 0 Å². The normalized spacial score (nSPS) is 17.2. The smallest absolute Gasteiger partial charge is 0.276 e. The Labute approximate surface area is 164 Å². The summed E-state index contributed by atoms with van der Waals surface area (Å²) >= 11 is 0. The summed E-state index contributed by atoms with van der Waals surface area (Å²) in [6.45, 7) is 1.45. The van der Waals surface area contributed by atoms with Gasteiger partial charge in [0.05, 0.1) is 19.0 Å². The Balaban J connectivity index is 1.51. The number of benzene rings is 2. The topological polar surface area (TPSA) is 60.2 Å². The number of likely N-dealkylation sites (tertiary alicyclic amines) is 1. The highest BCUT2D eigenvalue weighted by atomic mass is 16.5. The van der Waals surface area contributed by atoms with Gasteiger partial charge in [0.2, 0.25) is 0 Å². The monoisotopic (exact) mass is 376 g/mol. The molecule has 2 heterocycles. The number of aromatic nitrogens is 3. The van der Waals surface area contributed by atoms with Crippen molar-refractivity contribution in [3.8, 4) is 11.4 Å². The molecule has 1 amide bonds. The van der Waals surface area contributed by atoms with Gasteiger partial charge in [-0.05, 0) is 42.7 Å². The van der Waals surface area contributed by atoms with Gasteiger partial charge < -0.3 is 9.64 Å². The van der Waals surface area contributed by atoms with Gasteiger partial charge in [-0.1, -0.05) is 36.8 Å². The summed E-state index contributed by atoms with van der Waals surface area (Å²) in [6.07, 6.45) is 4.75. The fourth-order valence-electron chi connectivity index (χ4n) is 3.68. The van der Waals surface area contributed by atoms with Crippen LogP contribution in [-0.4, -0.2) is 46.0 Å². The van der Waals surface area contributed by atoms with Crippen molar-refractivity contribution in [1.29, 1.82) is 0 Å². The second kappa shape index (κ2) is 8.25. The fourth-order valence-corrected chi connectivity index (χ4v) is 3.68. The summed E-state index contributed by atoms with van der Waals surface area (Å²) in [7, 11) is 1.67. The molecule has 0 radical (unpaired) electrons. The van der Waals surface area contributed by atoms with Crippen molar-refractivity contribution in [3.63, 3.8) is 0 Å². The molecule has 0 saturated carbocycles. The number of amides is 1. The van der Waals surface area contributed by atoms with Crippen molar-refractivity contribution in [2.75, 3.05) is 20.2 Å². The molecule has 6 heteroatoms. The molecule has 1 saturated heterocycles. The molecule has 2 aromatic carbocycles. The highest BCUT2D eigenvalue weighted by molar-refractivity contribution is 5.92. The number of methoxy groups -OCH3 is 1. The molecule has 0 bridgehead atoms. The minimum absolute atomic E-state index is 0.0532. The lowest BCUT2D eigenvalue weighted by atomic mass is 9.94. The van der Waals surface area contributed by atoms with Gasteiger partial charge in [0.1, 0.15) is 5.75 Å². The first-order valence-electron chi connectivity index (χ1n) is 9.65. The van der Waals surface area contributed by atoms with Gasteiger partial charge in [-0.3, -0.25) is 4.79 Å². The lowest BCUT2D eigenvalue weighted by Gasteiger charge is -2.24. The largest absolute Gasteiger partial charge is 0.497 e. The minimum Gasteiger partial charge on any atom is -0.497 e. The number of hydrogen-bond acceptors (Lipinski definition) is 4. The molecule has 28 heavy (non-hydrogen) atoms. The van der Waals surface area contributed by atoms with Gasteiger partial charge in [0.25, 0.3) is 5.91 Å². The summed E-state index contributed by atoms with van der Waals surface area (Å²) in [6, 6.07) is 17.8. The Morgan fingerprint density at radius 3 is 2.61 bits per heavy atom. The van der Waals surface area contributed by atoms with Crippen LogP contribution in [0.5, 0.6) is 5.75 Å². The van der Waals surface area contributed by atoms with Crippen LogP contribution in [0.25, 0.3) is 5.69 Å². The van der Waals surface area contributed by atoms with Gasteiger partial charge >= 0.3 is 0 Å². The molecule has 1 aromatic heterocycles. The lowest BCUT2D eigenvalue weighted by molar-refractivity contribution is 0.0748. The number of hydrogen-bond donors (Lipinski definition) is 0. The number of rotatable bonds is 4. The zero-order chi connectivity index (χ0) is 19.3. The predicted molar refractivity (Wildman–Crippen MR) is 107 cm³/mol. The molecule has 0 aliphatic carbocycles. The van der Waals surface area contributed by atoms with Crippen molar-refractivity contribution in [1.82, 2.24) is 19.9 Å². The van der Waals surface area contributed by atoms with Crippen LogP contribution in [-0.2, 0) is 0 Å². The third-order valence-electron chi connectivity index (χ3n) is 5.24. The summed E-state index contributed by atoms with van der Waals surface area (Å²) in [5.41, 5.74) is 2.47.